The third-order valence-corrected chi connectivity index (χ3v) is 9.70. The maximum absolute atomic E-state index is 13.0. The lowest BCUT2D eigenvalue weighted by Crippen LogP contribution is -2.52. The molecule has 3 saturated heterocycles. The number of piperidine rings is 1. The van der Waals surface area contributed by atoms with Crippen LogP contribution in [0.3, 0.4) is 0 Å². The standard InChI is InChI=1S/C35H40N4O5/c1-21-17-38(18-22-4-8-28-23(14-22)5-9-29(36-28)24-12-13-43-35(2,3)16-24)20-31(21)44-26-6-7-27-25(15-26)19-39(34(27)42)30-10-11-32(40)37-33(30)41/h4-9,14-15,21,24,30-31H,10-13,16-20H2,1-3H3,(H,37,40,41)/t21-,24+,30?,31-/m1/s1. The first-order chi connectivity index (χ1) is 21.1. The molecule has 3 aromatic rings. The van der Waals surface area contributed by atoms with E-state index in [2.05, 4.69) is 61.3 Å². The zero-order valence-corrected chi connectivity index (χ0v) is 25.7. The average molecular weight is 597 g/mol. The summed E-state index contributed by atoms with van der Waals surface area (Å²) in [7, 11) is 0. The van der Waals surface area contributed by atoms with Crippen molar-refractivity contribution in [2.24, 2.45) is 5.92 Å². The van der Waals surface area contributed by atoms with Gasteiger partial charge in [-0.15, -0.1) is 0 Å². The predicted octanol–water partition coefficient (Wildman–Crippen LogP) is 4.57. The van der Waals surface area contributed by atoms with Crippen LogP contribution in [0.4, 0.5) is 0 Å². The van der Waals surface area contributed by atoms with E-state index in [-0.39, 0.29) is 29.9 Å². The van der Waals surface area contributed by atoms with Crippen LogP contribution in [0, 0.1) is 5.92 Å². The van der Waals surface area contributed by atoms with Crippen LogP contribution in [-0.2, 0) is 27.4 Å². The second kappa shape index (κ2) is 11.3. The monoisotopic (exact) mass is 596 g/mol. The lowest BCUT2D eigenvalue weighted by Gasteiger charge is -2.35. The number of hydrogen-bond acceptors (Lipinski definition) is 7. The first-order valence-corrected chi connectivity index (χ1v) is 15.8. The topological polar surface area (TPSA) is 101 Å². The number of fused-ring (bicyclic) bond motifs is 2. The Morgan fingerprint density at radius 2 is 1.91 bits per heavy atom. The molecule has 230 valence electrons. The zero-order chi connectivity index (χ0) is 30.6. The molecule has 9 nitrogen and oxygen atoms in total. The van der Waals surface area contributed by atoms with Crippen molar-refractivity contribution in [1.29, 1.82) is 0 Å². The van der Waals surface area contributed by atoms with E-state index < -0.39 is 11.9 Å². The number of ether oxygens (including phenoxy) is 2. The van der Waals surface area contributed by atoms with E-state index >= 15 is 0 Å². The van der Waals surface area contributed by atoms with Gasteiger partial charge in [-0.1, -0.05) is 19.1 Å². The van der Waals surface area contributed by atoms with Crippen LogP contribution in [-0.4, -0.2) is 69.9 Å². The minimum absolute atomic E-state index is 0.0322. The van der Waals surface area contributed by atoms with E-state index in [0.29, 0.717) is 30.4 Å². The average Bonchev–Trinajstić information content (AvgIpc) is 3.49. The molecular weight excluding hydrogens is 556 g/mol. The van der Waals surface area contributed by atoms with Crippen molar-refractivity contribution in [3.05, 3.63) is 70.9 Å². The summed E-state index contributed by atoms with van der Waals surface area (Å²) in [6.45, 7) is 10.3. The summed E-state index contributed by atoms with van der Waals surface area (Å²) in [6.07, 6.45) is 2.63. The number of carbonyl (C=O) groups is 3. The fourth-order valence-electron chi connectivity index (χ4n) is 7.37. The number of carbonyl (C=O) groups excluding carboxylic acids is 3. The lowest BCUT2D eigenvalue weighted by molar-refractivity contribution is -0.136. The molecule has 7 rings (SSSR count). The number of aromatic nitrogens is 1. The number of hydrogen-bond donors (Lipinski definition) is 1. The number of pyridine rings is 1. The highest BCUT2D eigenvalue weighted by Crippen LogP contribution is 2.36. The number of nitrogens with zero attached hydrogens (tertiary/aromatic N) is 3. The highest BCUT2D eigenvalue weighted by Gasteiger charge is 2.39. The summed E-state index contributed by atoms with van der Waals surface area (Å²) in [5, 5.41) is 3.52. The van der Waals surface area contributed by atoms with Gasteiger partial charge in [-0.25, -0.2) is 0 Å². The Hall–Kier alpha value is -3.82. The summed E-state index contributed by atoms with van der Waals surface area (Å²) in [5.74, 6) is 0.661. The van der Waals surface area contributed by atoms with Crippen LogP contribution in [0.25, 0.3) is 10.9 Å². The largest absolute Gasteiger partial charge is 0.489 e. The van der Waals surface area contributed by atoms with Gasteiger partial charge in [0.15, 0.2) is 0 Å². The van der Waals surface area contributed by atoms with E-state index in [4.69, 9.17) is 14.5 Å². The molecule has 9 heteroatoms. The smallest absolute Gasteiger partial charge is 0.255 e. The first-order valence-electron chi connectivity index (χ1n) is 15.8. The van der Waals surface area contributed by atoms with E-state index in [1.165, 1.54) is 5.56 Å². The van der Waals surface area contributed by atoms with Crippen LogP contribution in [0.2, 0.25) is 0 Å². The van der Waals surface area contributed by atoms with E-state index in [0.717, 1.165) is 67.0 Å². The Balaban J connectivity index is 0.979. The van der Waals surface area contributed by atoms with Gasteiger partial charge in [0.25, 0.3) is 5.91 Å². The van der Waals surface area contributed by atoms with Crippen molar-refractivity contribution >= 4 is 28.6 Å². The van der Waals surface area contributed by atoms with Gasteiger partial charge >= 0.3 is 0 Å². The van der Waals surface area contributed by atoms with Crippen molar-refractivity contribution in [3.63, 3.8) is 0 Å². The van der Waals surface area contributed by atoms with Gasteiger partial charge in [-0.3, -0.25) is 29.6 Å². The lowest BCUT2D eigenvalue weighted by atomic mass is 9.86. The molecule has 0 saturated carbocycles. The number of nitrogens with one attached hydrogen (secondary N) is 1. The molecule has 44 heavy (non-hydrogen) atoms. The van der Waals surface area contributed by atoms with Gasteiger partial charge in [0, 0.05) is 67.7 Å². The van der Waals surface area contributed by atoms with Crippen molar-refractivity contribution in [2.45, 2.75) is 83.2 Å². The normalized spacial score (nSPS) is 27.1. The first kappa shape index (κ1) is 28.9. The van der Waals surface area contributed by atoms with Gasteiger partial charge in [-0.05, 0) is 80.6 Å². The number of amides is 3. The number of likely N-dealkylation sites (tertiary alicyclic amines) is 1. The molecule has 0 radical (unpaired) electrons. The van der Waals surface area contributed by atoms with Gasteiger partial charge in [0.1, 0.15) is 17.9 Å². The van der Waals surface area contributed by atoms with E-state index in [9.17, 15) is 14.4 Å². The molecule has 4 aliphatic rings. The molecule has 3 amide bonds. The summed E-state index contributed by atoms with van der Waals surface area (Å²) < 4.78 is 12.4. The molecule has 4 atom stereocenters. The van der Waals surface area contributed by atoms with Crippen LogP contribution < -0.4 is 10.1 Å². The Kier molecular flexibility index (Phi) is 7.41. The van der Waals surface area contributed by atoms with Crippen molar-refractivity contribution in [3.8, 4) is 5.75 Å². The molecule has 1 N–H and O–H groups in total. The minimum atomic E-state index is -0.618. The van der Waals surface area contributed by atoms with Crippen molar-refractivity contribution in [2.75, 3.05) is 19.7 Å². The molecule has 0 bridgehead atoms. The molecule has 1 unspecified atom stereocenters. The van der Waals surface area contributed by atoms with Crippen molar-refractivity contribution < 1.29 is 23.9 Å². The molecule has 5 heterocycles. The van der Waals surface area contributed by atoms with Crippen LogP contribution in [0.5, 0.6) is 5.75 Å². The fraction of sp³-hybridized carbons (Fsp3) is 0.486. The number of imide groups is 1. The van der Waals surface area contributed by atoms with E-state index in [1.807, 2.05) is 12.1 Å². The summed E-state index contributed by atoms with van der Waals surface area (Å²) >= 11 is 0. The SMILES string of the molecule is C[C@@H]1CN(Cc2ccc3nc([C@H]4CCOC(C)(C)C4)ccc3c2)C[C@H]1Oc1ccc2c(c1)CN(C1CCC(=O)NC1=O)C2=O. The van der Waals surface area contributed by atoms with Crippen LogP contribution in [0.1, 0.15) is 79.6 Å². The number of benzene rings is 2. The Labute approximate surface area is 257 Å². The highest BCUT2D eigenvalue weighted by atomic mass is 16.5. The molecular formula is C35H40N4O5. The fourth-order valence-corrected chi connectivity index (χ4v) is 7.37. The molecule has 0 spiro atoms. The second-order valence-corrected chi connectivity index (χ2v) is 13.6. The molecule has 4 aliphatic heterocycles. The predicted molar refractivity (Wildman–Crippen MR) is 165 cm³/mol. The summed E-state index contributed by atoms with van der Waals surface area (Å²) in [5.41, 5.74) is 4.81. The second-order valence-electron chi connectivity index (χ2n) is 13.6. The summed E-state index contributed by atoms with van der Waals surface area (Å²) in [6, 6.07) is 16.0. The van der Waals surface area contributed by atoms with Crippen molar-refractivity contribution in [1.82, 2.24) is 20.1 Å². The zero-order valence-electron chi connectivity index (χ0n) is 25.7. The Morgan fingerprint density at radius 3 is 2.73 bits per heavy atom. The van der Waals surface area contributed by atoms with E-state index in [1.54, 1.807) is 11.0 Å². The van der Waals surface area contributed by atoms with Gasteiger partial charge in [0.2, 0.25) is 11.8 Å². The molecule has 0 aliphatic carbocycles. The molecule has 3 fully saturated rings. The summed E-state index contributed by atoms with van der Waals surface area (Å²) in [4.78, 5) is 46.0. The third kappa shape index (κ3) is 5.71. The molecule has 1 aromatic heterocycles. The Bertz CT molecular complexity index is 1640. The quantitative estimate of drug-likeness (QED) is 0.416. The van der Waals surface area contributed by atoms with Crippen LogP contribution in [0.15, 0.2) is 48.5 Å². The maximum atomic E-state index is 13.0. The maximum Gasteiger partial charge on any atom is 0.255 e. The van der Waals surface area contributed by atoms with Crippen LogP contribution >= 0.6 is 0 Å². The highest BCUT2D eigenvalue weighted by molar-refractivity contribution is 6.05. The Morgan fingerprint density at radius 1 is 1.05 bits per heavy atom. The van der Waals surface area contributed by atoms with Gasteiger partial charge in [0.05, 0.1) is 11.1 Å². The third-order valence-electron chi connectivity index (χ3n) is 9.70. The van der Waals surface area contributed by atoms with Gasteiger partial charge in [-0.2, -0.15) is 0 Å². The minimum Gasteiger partial charge on any atom is -0.489 e. The van der Waals surface area contributed by atoms with Gasteiger partial charge < -0.3 is 14.4 Å². The molecule has 2 aromatic carbocycles. The number of rotatable bonds is 6.